The average molecular weight is 494 g/mol. The molecule has 2 unspecified atom stereocenters. The van der Waals surface area contributed by atoms with E-state index in [2.05, 4.69) is 4.98 Å². The molecule has 2 aromatic rings. The number of H-pyrrole nitrogens is 1. The van der Waals surface area contributed by atoms with Crippen LogP contribution in [0.2, 0.25) is 0 Å². The molecule has 1 saturated heterocycles. The molecule has 0 spiro atoms. The van der Waals surface area contributed by atoms with Crippen molar-refractivity contribution >= 4 is 13.6 Å². The quantitative estimate of drug-likeness (QED) is 0.432. The van der Waals surface area contributed by atoms with E-state index >= 15 is 0 Å². The Kier molecular flexibility index (Phi) is 8.40. The Balaban J connectivity index is 2.00. The number of nitrogens with one attached hydrogen (secondary N) is 1. The summed E-state index contributed by atoms with van der Waals surface area (Å²) in [5.74, 6) is 0.576. The molecular formula is C22H27N2O9P. The summed E-state index contributed by atoms with van der Waals surface area (Å²) in [7, 11) is 0.360. The second-order valence-corrected chi connectivity index (χ2v) is 9.63. The van der Waals surface area contributed by atoms with Crippen LogP contribution in [0, 0.1) is 6.92 Å². The fraction of sp³-hybridized carbons (Fsp3) is 0.409. The Hall–Kier alpha value is -2.82. The highest BCUT2D eigenvalue weighted by Gasteiger charge is 2.44. The van der Waals surface area contributed by atoms with Gasteiger partial charge in [-0.25, -0.2) is 9.59 Å². The summed E-state index contributed by atoms with van der Waals surface area (Å²) in [5.41, 5.74) is -0.541. The van der Waals surface area contributed by atoms with Crippen LogP contribution in [0.15, 0.2) is 58.0 Å². The molecule has 12 heteroatoms. The van der Waals surface area contributed by atoms with Crippen molar-refractivity contribution in [2.75, 3.05) is 27.9 Å². The first kappa shape index (κ1) is 25.8. The van der Waals surface area contributed by atoms with E-state index in [-0.39, 0.29) is 6.61 Å². The lowest BCUT2D eigenvalue weighted by Crippen LogP contribution is -2.54. The molecule has 34 heavy (non-hydrogen) atoms. The summed E-state index contributed by atoms with van der Waals surface area (Å²) in [6.07, 6.45) is 0.0155. The predicted molar refractivity (Wildman–Crippen MR) is 122 cm³/mol. The van der Waals surface area contributed by atoms with Crippen LogP contribution in [0.3, 0.4) is 0 Å². The van der Waals surface area contributed by atoms with Gasteiger partial charge < -0.3 is 23.3 Å². The molecule has 1 aliphatic heterocycles. The van der Waals surface area contributed by atoms with Crippen LogP contribution < -0.4 is 11.2 Å². The standard InChI is InChI=1S/C22H27N2O9P/c1-14-12-24(22(27)23-20(14)25)16-13-32-17(10-11-34(28,30-3)31-4)19(18(16)29-2)33-21(26)15-8-6-5-7-9-15/h5-12,16-19H,13H2,1-4H3,(H,23,25,27)/b11-10+/t16?,17?,18-,19+/m0/s1. The third-order valence-electron chi connectivity index (χ3n) is 5.48. The third kappa shape index (κ3) is 5.63. The number of hydrogen-bond acceptors (Lipinski definition) is 9. The van der Waals surface area contributed by atoms with Gasteiger partial charge in [-0.15, -0.1) is 0 Å². The topological polar surface area (TPSA) is 135 Å². The van der Waals surface area contributed by atoms with E-state index in [1.165, 1.54) is 44.0 Å². The Bertz CT molecular complexity index is 1180. The number of nitrogens with zero attached hydrogens (tertiary/aromatic N) is 1. The van der Waals surface area contributed by atoms with Gasteiger partial charge in [-0.2, -0.15) is 0 Å². The van der Waals surface area contributed by atoms with Crippen molar-refractivity contribution in [2.24, 2.45) is 0 Å². The van der Waals surface area contributed by atoms with Crippen molar-refractivity contribution in [1.82, 2.24) is 9.55 Å². The number of carbonyl (C=O) groups is 1. The number of carbonyl (C=O) groups excluding carboxylic acids is 1. The average Bonchev–Trinajstić information content (AvgIpc) is 2.85. The summed E-state index contributed by atoms with van der Waals surface area (Å²) in [6, 6.07) is 7.60. The molecular weight excluding hydrogens is 467 g/mol. The van der Waals surface area contributed by atoms with Crippen LogP contribution in [-0.2, 0) is 27.8 Å². The highest BCUT2D eigenvalue weighted by atomic mass is 31.2. The minimum Gasteiger partial charge on any atom is -0.453 e. The maximum atomic E-state index is 12.9. The van der Waals surface area contributed by atoms with Crippen molar-refractivity contribution in [1.29, 1.82) is 0 Å². The first-order valence-electron chi connectivity index (χ1n) is 10.4. The number of benzene rings is 1. The van der Waals surface area contributed by atoms with Gasteiger partial charge in [-0.05, 0) is 25.1 Å². The van der Waals surface area contributed by atoms with Gasteiger partial charge in [0.05, 0.1) is 18.2 Å². The van der Waals surface area contributed by atoms with Gasteiger partial charge in [0.2, 0.25) is 0 Å². The van der Waals surface area contributed by atoms with E-state index in [1.54, 1.807) is 37.3 Å². The molecule has 0 radical (unpaired) electrons. The largest absolute Gasteiger partial charge is 0.453 e. The lowest BCUT2D eigenvalue weighted by molar-refractivity contribution is -0.157. The Morgan fingerprint density at radius 1 is 1.15 bits per heavy atom. The van der Waals surface area contributed by atoms with Crippen LogP contribution in [0.4, 0.5) is 0 Å². The van der Waals surface area contributed by atoms with Gasteiger partial charge in [0.25, 0.3) is 5.56 Å². The molecule has 0 saturated carbocycles. The van der Waals surface area contributed by atoms with Gasteiger partial charge in [0.15, 0.2) is 6.10 Å². The number of methoxy groups -OCH3 is 1. The number of aryl methyl sites for hydroxylation is 1. The molecule has 0 bridgehead atoms. The van der Waals surface area contributed by atoms with Gasteiger partial charge in [0.1, 0.15) is 12.2 Å². The zero-order valence-corrected chi connectivity index (χ0v) is 20.1. The molecule has 1 N–H and O–H groups in total. The number of esters is 1. The van der Waals surface area contributed by atoms with E-state index in [0.29, 0.717) is 11.1 Å². The molecule has 0 amide bonds. The first-order chi connectivity index (χ1) is 16.2. The fourth-order valence-electron chi connectivity index (χ4n) is 3.62. The summed E-state index contributed by atoms with van der Waals surface area (Å²) in [5, 5.41) is 0. The normalized spacial score (nSPS) is 23.2. The smallest absolute Gasteiger partial charge is 0.353 e. The highest BCUT2D eigenvalue weighted by molar-refractivity contribution is 7.57. The van der Waals surface area contributed by atoms with Crippen LogP contribution in [0.1, 0.15) is 22.0 Å². The van der Waals surface area contributed by atoms with Gasteiger partial charge in [0, 0.05) is 38.9 Å². The second kappa shape index (κ2) is 11.1. The maximum absolute atomic E-state index is 12.9. The second-order valence-electron chi connectivity index (χ2n) is 7.53. The fourth-order valence-corrected chi connectivity index (χ4v) is 4.39. The van der Waals surface area contributed by atoms with Crippen LogP contribution in [-0.4, -0.2) is 61.8 Å². The van der Waals surface area contributed by atoms with E-state index in [4.69, 9.17) is 23.3 Å². The Morgan fingerprint density at radius 2 is 1.82 bits per heavy atom. The SMILES string of the molecule is CO[C@H]1C(n2cc(C)c(=O)[nH]c2=O)COC(/C=C/P(=O)(OC)OC)[C@H]1OC(=O)c1ccccc1. The predicted octanol–water partition coefficient (Wildman–Crippen LogP) is 2.03. The summed E-state index contributed by atoms with van der Waals surface area (Å²) < 4.78 is 41.0. The van der Waals surface area contributed by atoms with Crippen LogP contribution in [0.25, 0.3) is 0 Å². The maximum Gasteiger partial charge on any atom is 0.353 e. The van der Waals surface area contributed by atoms with Gasteiger partial charge in [-0.3, -0.25) is 18.9 Å². The van der Waals surface area contributed by atoms with Gasteiger partial charge >= 0.3 is 19.3 Å². The highest BCUT2D eigenvalue weighted by Crippen LogP contribution is 2.48. The first-order valence-corrected chi connectivity index (χ1v) is 12.0. The molecule has 0 aliphatic carbocycles. The summed E-state index contributed by atoms with van der Waals surface area (Å²) in [4.78, 5) is 39.5. The van der Waals surface area contributed by atoms with E-state index in [0.717, 1.165) is 0 Å². The number of hydrogen-bond donors (Lipinski definition) is 1. The van der Waals surface area contributed by atoms with Crippen molar-refractivity contribution in [3.05, 3.63) is 80.4 Å². The van der Waals surface area contributed by atoms with Crippen molar-refractivity contribution in [2.45, 2.75) is 31.3 Å². The Morgan fingerprint density at radius 3 is 2.44 bits per heavy atom. The van der Waals surface area contributed by atoms with E-state index in [9.17, 15) is 18.9 Å². The number of aromatic amines is 1. The summed E-state index contributed by atoms with van der Waals surface area (Å²) in [6.45, 7) is 1.54. The molecule has 4 atom stereocenters. The monoisotopic (exact) mass is 494 g/mol. The Labute approximate surface area is 195 Å². The lowest BCUT2D eigenvalue weighted by Gasteiger charge is -2.41. The molecule has 1 fully saturated rings. The molecule has 184 valence electrons. The van der Waals surface area contributed by atoms with E-state index < -0.39 is 49.2 Å². The summed E-state index contributed by atoms with van der Waals surface area (Å²) >= 11 is 0. The van der Waals surface area contributed by atoms with E-state index in [1.807, 2.05) is 0 Å². The molecule has 3 rings (SSSR count). The van der Waals surface area contributed by atoms with Crippen molar-refractivity contribution < 1.29 is 32.6 Å². The lowest BCUT2D eigenvalue weighted by atomic mass is 9.97. The van der Waals surface area contributed by atoms with Crippen LogP contribution >= 0.6 is 7.60 Å². The molecule has 11 nitrogen and oxygen atoms in total. The zero-order chi connectivity index (χ0) is 24.9. The number of ether oxygens (including phenoxy) is 3. The van der Waals surface area contributed by atoms with Crippen LogP contribution in [0.5, 0.6) is 0 Å². The molecule has 1 aromatic carbocycles. The minimum atomic E-state index is -3.52. The minimum absolute atomic E-state index is 0.0252. The van der Waals surface area contributed by atoms with Gasteiger partial charge in [-0.1, -0.05) is 18.2 Å². The van der Waals surface area contributed by atoms with Crippen molar-refractivity contribution in [3.63, 3.8) is 0 Å². The zero-order valence-electron chi connectivity index (χ0n) is 19.2. The molecule has 1 aromatic heterocycles. The molecule has 2 heterocycles. The molecule has 1 aliphatic rings. The third-order valence-corrected chi connectivity index (χ3v) is 7.04. The van der Waals surface area contributed by atoms with Crippen molar-refractivity contribution in [3.8, 4) is 0 Å². The number of aromatic nitrogens is 2. The number of rotatable bonds is 8.